The van der Waals surface area contributed by atoms with E-state index < -0.39 is 0 Å². The van der Waals surface area contributed by atoms with Crippen LogP contribution in [0, 0.1) is 0 Å². The van der Waals surface area contributed by atoms with Gasteiger partial charge in [0.15, 0.2) is 0 Å². The molecule has 1 saturated heterocycles. The number of halogens is 2. The van der Waals surface area contributed by atoms with Crippen LogP contribution in [0.1, 0.15) is 31.7 Å². The molecule has 1 atom stereocenters. The highest BCUT2D eigenvalue weighted by atomic mass is 35.5. The number of nitrogens with one attached hydrogen (secondary N) is 1. The van der Waals surface area contributed by atoms with Crippen LogP contribution in [0.2, 0.25) is 10.0 Å². The molecular weight excluding hydrogens is 313 g/mol. The maximum Gasteiger partial charge on any atom is 0.292 e. The van der Waals surface area contributed by atoms with Crippen LogP contribution in [-0.4, -0.2) is 33.8 Å². The summed E-state index contributed by atoms with van der Waals surface area (Å²) in [5.74, 6) is 1.31. The first kappa shape index (κ1) is 20.0. The summed E-state index contributed by atoms with van der Waals surface area (Å²) in [5, 5.41) is 4.47. The Bertz CT molecular complexity index is 422. The minimum absolute atomic E-state index is 0.375. The van der Waals surface area contributed by atoms with E-state index in [4.69, 9.17) is 32.7 Å². The minimum atomic E-state index is 0.375. The zero-order valence-electron chi connectivity index (χ0n) is 12.9. The molecule has 1 N–H and O–H groups in total. The lowest BCUT2D eigenvalue weighted by molar-refractivity contribution is -0.126. The molecule has 1 fully saturated rings. The molecule has 1 unspecified atom stereocenters. The smallest absolute Gasteiger partial charge is 0.292 e. The van der Waals surface area contributed by atoms with Gasteiger partial charge in [0, 0.05) is 24.1 Å². The second-order valence-corrected chi connectivity index (χ2v) is 4.84. The average molecular weight is 336 g/mol. The van der Waals surface area contributed by atoms with Crippen molar-refractivity contribution in [2.45, 2.75) is 26.2 Å². The summed E-state index contributed by atoms with van der Waals surface area (Å²) in [4.78, 5) is 8.95. The van der Waals surface area contributed by atoms with E-state index in [9.17, 15) is 0 Å². The molecule has 1 heterocycles. The van der Waals surface area contributed by atoms with Gasteiger partial charge in [0.1, 0.15) is 5.75 Å². The molecule has 120 valence electrons. The second-order valence-electron chi connectivity index (χ2n) is 4.03. The fourth-order valence-electron chi connectivity index (χ4n) is 1.96. The quantitative estimate of drug-likeness (QED) is 0.851. The van der Waals surface area contributed by atoms with Crippen molar-refractivity contribution in [2.24, 2.45) is 0 Å². The molecule has 21 heavy (non-hydrogen) atoms. The van der Waals surface area contributed by atoms with E-state index in [-0.39, 0.29) is 0 Å². The monoisotopic (exact) mass is 335 g/mol. The molecule has 1 aliphatic rings. The molecule has 0 spiro atoms. The van der Waals surface area contributed by atoms with Crippen LogP contribution < -0.4 is 10.1 Å². The third-order valence-electron chi connectivity index (χ3n) is 2.87. The molecule has 0 bridgehead atoms. The normalized spacial score (nSPS) is 16.0. The molecular formula is C15H23Cl2NO3. The summed E-state index contributed by atoms with van der Waals surface area (Å²) in [6.45, 7) is 6.41. The van der Waals surface area contributed by atoms with Gasteiger partial charge in [-0.05, 0) is 19.0 Å². The van der Waals surface area contributed by atoms with Crippen LogP contribution >= 0.6 is 23.2 Å². The summed E-state index contributed by atoms with van der Waals surface area (Å²) < 4.78 is 9.18. The lowest BCUT2D eigenvalue weighted by atomic mass is 9.97. The lowest BCUT2D eigenvalue weighted by Gasteiger charge is -2.14. The van der Waals surface area contributed by atoms with E-state index >= 15 is 0 Å². The van der Waals surface area contributed by atoms with E-state index in [0.29, 0.717) is 22.4 Å². The average Bonchev–Trinajstić information content (AvgIpc) is 3.06. The molecule has 0 aromatic heterocycles. The van der Waals surface area contributed by atoms with Gasteiger partial charge in [0.25, 0.3) is 6.47 Å². The molecule has 1 aliphatic heterocycles. The van der Waals surface area contributed by atoms with E-state index in [2.05, 4.69) is 10.1 Å². The van der Waals surface area contributed by atoms with Crippen LogP contribution in [0.4, 0.5) is 0 Å². The van der Waals surface area contributed by atoms with Crippen LogP contribution in [0.15, 0.2) is 12.1 Å². The Hall–Kier alpha value is -0.970. The topological polar surface area (TPSA) is 47.6 Å². The summed E-state index contributed by atoms with van der Waals surface area (Å²) >= 11 is 12.0. The Kier molecular flexibility index (Phi) is 11.1. The van der Waals surface area contributed by atoms with E-state index in [1.165, 1.54) is 7.11 Å². The zero-order chi connectivity index (χ0) is 16.3. The number of benzene rings is 1. The van der Waals surface area contributed by atoms with Crippen LogP contribution in [0.3, 0.4) is 0 Å². The molecule has 0 saturated carbocycles. The highest BCUT2D eigenvalue weighted by Crippen LogP contribution is 2.36. The van der Waals surface area contributed by atoms with Gasteiger partial charge >= 0.3 is 0 Å². The van der Waals surface area contributed by atoms with Crippen molar-refractivity contribution in [1.29, 1.82) is 0 Å². The Morgan fingerprint density at radius 3 is 2.24 bits per heavy atom. The van der Waals surface area contributed by atoms with Gasteiger partial charge < -0.3 is 14.8 Å². The van der Waals surface area contributed by atoms with Gasteiger partial charge in [-0.1, -0.05) is 37.0 Å². The molecule has 0 radical (unpaired) electrons. The highest BCUT2D eigenvalue weighted by Gasteiger charge is 2.21. The third-order valence-corrected chi connectivity index (χ3v) is 3.59. The Morgan fingerprint density at radius 2 is 1.81 bits per heavy atom. The summed E-state index contributed by atoms with van der Waals surface area (Å²) in [7, 11) is 2.97. The van der Waals surface area contributed by atoms with Crippen LogP contribution in [-0.2, 0) is 9.53 Å². The SMILES string of the molecule is CC.COC=O.COc1cc(Cl)c(Cl)cc1C1CCNC1. The van der Waals surface area contributed by atoms with Crippen molar-refractivity contribution < 1.29 is 14.3 Å². The fourth-order valence-corrected chi connectivity index (χ4v) is 2.29. The number of rotatable bonds is 3. The molecule has 4 nitrogen and oxygen atoms in total. The number of hydrogen-bond acceptors (Lipinski definition) is 4. The van der Waals surface area contributed by atoms with Gasteiger partial charge in [-0.3, -0.25) is 4.79 Å². The number of carbonyl (C=O) groups is 1. The van der Waals surface area contributed by atoms with Crippen molar-refractivity contribution in [3.63, 3.8) is 0 Å². The van der Waals surface area contributed by atoms with Gasteiger partial charge in [-0.15, -0.1) is 0 Å². The van der Waals surface area contributed by atoms with Gasteiger partial charge in [0.2, 0.25) is 0 Å². The molecule has 0 amide bonds. The Morgan fingerprint density at radius 1 is 1.24 bits per heavy atom. The molecule has 1 aromatic rings. The third kappa shape index (κ3) is 6.55. The van der Waals surface area contributed by atoms with Crippen molar-refractivity contribution in [3.8, 4) is 5.75 Å². The molecule has 2 rings (SSSR count). The zero-order valence-corrected chi connectivity index (χ0v) is 14.4. The van der Waals surface area contributed by atoms with Crippen LogP contribution in [0.5, 0.6) is 5.75 Å². The standard InChI is InChI=1S/C11H13Cl2NO.C2H4O2.C2H6/c1-15-11-5-10(13)9(12)4-8(11)7-2-3-14-6-7;1-4-2-3;1-2/h4-5,7,14H,2-3,6H2,1H3;2H,1H3;1-2H3. The Balaban J connectivity index is 0.000000579. The van der Waals surface area contributed by atoms with Gasteiger partial charge in [-0.2, -0.15) is 0 Å². The molecule has 6 heteroatoms. The minimum Gasteiger partial charge on any atom is -0.496 e. The van der Waals surface area contributed by atoms with E-state index in [1.807, 2.05) is 19.9 Å². The largest absolute Gasteiger partial charge is 0.496 e. The first-order valence-electron chi connectivity index (χ1n) is 6.84. The van der Waals surface area contributed by atoms with Crippen LogP contribution in [0.25, 0.3) is 0 Å². The first-order chi connectivity index (χ1) is 10.1. The van der Waals surface area contributed by atoms with Crippen molar-refractivity contribution in [2.75, 3.05) is 27.3 Å². The maximum absolute atomic E-state index is 8.95. The highest BCUT2D eigenvalue weighted by molar-refractivity contribution is 6.42. The number of carbonyl (C=O) groups excluding carboxylic acids is 1. The summed E-state index contributed by atoms with van der Waals surface area (Å²) in [6.07, 6.45) is 1.12. The van der Waals surface area contributed by atoms with Gasteiger partial charge in [0.05, 0.1) is 24.3 Å². The summed E-state index contributed by atoms with van der Waals surface area (Å²) in [6, 6.07) is 3.71. The van der Waals surface area contributed by atoms with Crippen molar-refractivity contribution >= 4 is 29.7 Å². The number of hydrogen-bond donors (Lipinski definition) is 1. The first-order valence-corrected chi connectivity index (χ1v) is 7.59. The van der Waals surface area contributed by atoms with E-state index in [0.717, 1.165) is 30.8 Å². The number of ether oxygens (including phenoxy) is 2. The summed E-state index contributed by atoms with van der Waals surface area (Å²) in [5.41, 5.74) is 1.15. The predicted octanol–water partition coefficient (Wildman–Crippen LogP) is 3.89. The fraction of sp³-hybridized carbons (Fsp3) is 0.533. The number of methoxy groups -OCH3 is 2. The van der Waals surface area contributed by atoms with Crippen molar-refractivity contribution in [3.05, 3.63) is 27.7 Å². The van der Waals surface area contributed by atoms with E-state index in [1.54, 1.807) is 13.2 Å². The predicted molar refractivity (Wildman–Crippen MR) is 87.7 cm³/mol. The maximum atomic E-state index is 8.95. The van der Waals surface area contributed by atoms with Crippen molar-refractivity contribution in [1.82, 2.24) is 5.32 Å². The molecule has 0 aliphatic carbocycles. The molecule has 1 aromatic carbocycles. The Labute approximate surface area is 136 Å². The lowest BCUT2D eigenvalue weighted by Crippen LogP contribution is -2.08. The second kappa shape index (κ2) is 11.7. The van der Waals surface area contributed by atoms with Gasteiger partial charge in [-0.25, -0.2) is 0 Å².